The molecular formula is C22H22FN3S. The number of aryl methyl sites for hydroxylation is 2. The molecule has 0 amide bonds. The first-order valence-corrected chi connectivity index (χ1v) is 9.49. The van der Waals surface area contributed by atoms with E-state index in [1.54, 1.807) is 0 Å². The number of fused-ring (bicyclic) bond motifs is 1. The number of nitrogens with zero attached hydrogens (tertiary/aromatic N) is 2. The van der Waals surface area contributed by atoms with Crippen molar-refractivity contribution in [3.63, 3.8) is 0 Å². The van der Waals surface area contributed by atoms with Gasteiger partial charge in [-0.25, -0.2) is 4.39 Å². The summed E-state index contributed by atoms with van der Waals surface area (Å²) in [5.41, 5.74) is 5.56. The molecule has 5 heteroatoms. The van der Waals surface area contributed by atoms with Crippen molar-refractivity contribution in [2.75, 3.05) is 11.9 Å². The number of rotatable bonds is 2. The summed E-state index contributed by atoms with van der Waals surface area (Å²) in [5, 5.41) is 4.11. The van der Waals surface area contributed by atoms with Gasteiger partial charge in [-0.05, 0) is 73.1 Å². The number of halogens is 1. The van der Waals surface area contributed by atoms with Crippen molar-refractivity contribution in [3.05, 3.63) is 89.0 Å². The Labute approximate surface area is 164 Å². The molecule has 1 aliphatic heterocycles. The number of hydrogen-bond donors (Lipinski definition) is 1. The molecule has 0 spiro atoms. The molecule has 2 aromatic carbocycles. The molecular weight excluding hydrogens is 357 g/mol. The second-order valence-corrected chi connectivity index (χ2v) is 7.41. The van der Waals surface area contributed by atoms with Crippen LogP contribution in [0.15, 0.2) is 60.8 Å². The van der Waals surface area contributed by atoms with E-state index < -0.39 is 0 Å². The van der Waals surface area contributed by atoms with E-state index in [4.69, 9.17) is 12.2 Å². The van der Waals surface area contributed by atoms with Gasteiger partial charge in [0.25, 0.3) is 0 Å². The molecule has 1 aliphatic rings. The molecule has 4 rings (SSSR count). The van der Waals surface area contributed by atoms with Gasteiger partial charge in [-0.2, -0.15) is 0 Å². The second-order valence-electron chi connectivity index (χ2n) is 7.02. The standard InChI is InChI=1S/C22H22FN3S/c1-15-5-6-16(2)19(14-15)24-22(27)26-13-12-25-11-3-4-20(25)21(26)17-7-9-18(23)10-8-17/h3-11,14,21H,12-13H2,1-2H3,(H,24,27)/t21-/m0/s1. The minimum absolute atomic E-state index is 0.0422. The zero-order chi connectivity index (χ0) is 19.0. The zero-order valence-corrected chi connectivity index (χ0v) is 16.3. The first-order chi connectivity index (χ1) is 13.0. The highest BCUT2D eigenvalue weighted by atomic mass is 32.1. The quantitative estimate of drug-likeness (QED) is 0.630. The van der Waals surface area contributed by atoms with Gasteiger partial charge in [0.15, 0.2) is 5.11 Å². The predicted molar refractivity (Wildman–Crippen MR) is 112 cm³/mol. The molecule has 2 heterocycles. The normalized spacial score (nSPS) is 16.1. The fraction of sp³-hybridized carbons (Fsp3) is 0.227. The summed E-state index contributed by atoms with van der Waals surface area (Å²) >= 11 is 5.80. The molecule has 0 radical (unpaired) electrons. The number of nitrogens with one attached hydrogen (secondary N) is 1. The number of benzene rings is 2. The molecule has 138 valence electrons. The zero-order valence-electron chi connectivity index (χ0n) is 15.4. The van der Waals surface area contributed by atoms with Crippen LogP contribution >= 0.6 is 12.2 Å². The van der Waals surface area contributed by atoms with Gasteiger partial charge in [-0.3, -0.25) is 0 Å². The number of hydrogen-bond acceptors (Lipinski definition) is 1. The second kappa shape index (κ2) is 7.16. The van der Waals surface area contributed by atoms with Crippen LogP contribution in [0.2, 0.25) is 0 Å². The van der Waals surface area contributed by atoms with Gasteiger partial charge in [0.05, 0.1) is 6.04 Å². The fourth-order valence-electron chi connectivity index (χ4n) is 3.66. The molecule has 0 aliphatic carbocycles. The minimum atomic E-state index is -0.229. The van der Waals surface area contributed by atoms with Gasteiger partial charge in [-0.1, -0.05) is 24.3 Å². The van der Waals surface area contributed by atoms with Crippen molar-refractivity contribution in [1.29, 1.82) is 0 Å². The molecule has 0 fully saturated rings. The monoisotopic (exact) mass is 379 g/mol. The molecule has 27 heavy (non-hydrogen) atoms. The highest BCUT2D eigenvalue weighted by molar-refractivity contribution is 7.80. The summed E-state index contributed by atoms with van der Waals surface area (Å²) < 4.78 is 15.7. The van der Waals surface area contributed by atoms with Gasteiger partial charge in [0.1, 0.15) is 5.82 Å². The Balaban J connectivity index is 1.68. The van der Waals surface area contributed by atoms with Crippen molar-refractivity contribution >= 4 is 23.0 Å². The first kappa shape index (κ1) is 17.7. The first-order valence-electron chi connectivity index (χ1n) is 9.08. The summed E-state index contributed by atoms with van der Waals surface area (Å²) in [4.78, 5) is 2.19. The summed E-state index contributed by atoms with van der Waals surface area (Å²) in [7, 11) is 0. The van der Waals surface area contributed by atoms with Gasteiger partial charge < -0.3 is 14.8 Å². The lowest BCUT2D eigenvalue weighted by molar-refractivity contribution is 0.293. The highest BCUT2D eigenvalue weighted by Crippen LogP contribution is 2.33. The van der Waals surface area contributed by atoms with Crippen molar-refractivity contribution < 1.29 is 4.39 Å². The van der Waals surface area contributed by atoms with E-state index in [2.05, 4.69) is 65.2 Å². The van der Waals surface area contributed by atoms with Crippen LogP contribution in [-0.2, 0) is 6.54 Å². The Kier molecular flexibility index (Phi) is 4.70. The van der Waals surface area contributed by atoms with Crippen molar-refractivity contribution in [2.45, 2.75) is 26.4 Å². The summed E-state index contributed by atoms with van der Waals surface area (Å²) in [6.45, 7) is 5.81. The lowest BCUT2D eigenvalue weighted by Gasteiger charge is -2.39. The molecule has 0 bridgehead atoms. The molecule has 3 aromatic rings. The Bertz CT molecular complexity index is 977. The van der Waals surface area contributed by atoms with E-state index in [9.17, 15) is 4.39 Å². The molecule has 0 saturated carbocycles. The highest BCUT2D eigenvalue weighted by Gasteiger charge is 2.30. The largest absolute Gasteiger partial charge is 0.348 e. The van der Waals surface area contributed by atoms with E-state index in [1.807, 2.05) is 12.1 Å². The van der Waals surface area contributed by atoms with Gasteiger partial charge in [0.2, 0.25) is 0 Å². The van der Waals surface area contributed by atoms with Crippen LogP contribution in [-0.4, -0.2) is 21.1 Å². The molecule has 1 atom stereocenters. The minimum Gasteiger partial charge on any atom is -0.348 e. The van der Waals surface area contributed by atoms with Gasteiger partial charge in [-0.15, -0.1) is 0 Å². The van der Waals surface area contributed by atoms with Crippen LogP contribution < -0.4 is 5.32 Å². The van der Waals surface area contributed by atoms with E-state index >= 15 is 0 Å². The molecule has 0 unspecified atom stereocenters. The van der Waals surface area contributed by atoms with Gasteiger partial charge in [0, 0.05) is 30.7 Å². The van der Waals surface area contributed by atoms with E-state index in [0.717, 1.165) is 35.6 Å². The van der Waals surface area contributed by atoms with Crippen LogP contribution in [0.1, 0.15) is 28.4 Å². The SMILES string of the molecule is Cc1ccc(C)c(NC(=S)N2CCn3cccc3[C@@H]2c2ccc(F)cc2)c1. The third-order valence-electron chi connectivity index (χ3n) is 5.12. The molecule has 3 nitrogen and oxygen atoms in total. The third-order valence-corrected chi connectivity index (χ3v) is 5.46. The molecule has 1 aromatic heterocycles. The predicted octanol–water partition coefficient (Wildman–Crippen LogP) is 5.05. The van der Waals surface area contributed by atoms with Crippen LogP contribution in [0.5, 0.6) is 0 Å². The van der Waals surface area contributed by atoms with Gasteiger partial charge >= 0.3 is 0 Å². The topological polar surface area (TPSA) is 20.2 Å². The number of aromatic nitrogens is 1. The summed E-state index contributed by atoms with van der Waals surface area (Å²) in [6.07, 6.45) is 2.09. The average molecular weight is 380 g/mol. The Morgan fingerprint density at radius 2 is 1.85 bits per heavy atom. The van der Waals surface area contributed by atoms with E-state index in [-0.39, 0.29) is 11.9 Å². The maximum absolute atomic E-state index is 13.5. The van der Waals surface area contributed by atoms with Crippen LogP contribution in [0.25, 0.3) is 0 Å². The summed E-state index contributed by atoms with van der Waals surface area (Å²) in [6, 6.07) is 17.1. The number of thiocarbonyl (C=S) groups is 1. The maximum Gasteiger partial charge on any atom is 0.174 e. The summed E-state index contributed by atoms with van der Waals surface area (Å²) in [5.74, 6) is -0.229. The smallest absolute Gasteiger partial charge is 0.174 e. The van der Waals surface area contributed by atoms with Crippen LogP contribution in [0.3, 0.4) is 0 Å². The van der Waals surface area contributed by atoms with Crippen molar-refractivity contribution in [3.8, 4) is 0 Å². The Hall–Kier alpha value is -2.66. The van der Waals surface area contributed by atoms with E-state index in [1.165, 1.54) is 17.7 Å². The van der Waals surface area contributed by atoms with Crippen molar-refractivity contribution in [1.82, 2.24) is 9.47 Å². The van der Waals surface area contributed by atoms with E-state index in [0.29, 0.717) is 5.11 Å². The number of anilines is 1. The third kappa shape index (κ3) is 3.47. The van der Waals surface area contributed by atoms with Crippen molar-refractivity contribution in [2.24, 2.45) is 0 Å². The fourth-order valence-corrected chi connectivity index (χ4v) is 3.96. The van der Waals surface area contributed by atoms with Crippen LogP contribution in [0.4, 0.5) is 10.1 Å². The molecule has 0 saturated heterocycles. The maximum atomic E-state index is 13.5. The van der Waals surface area contributed by atoms with Crippen LogP contribution in [0, 0.1) is 19.7 Å². The average Bonchev–Trinajstić information content (AvgIpc) is 3.13. The lowest BCUT2D eigenvalue weighted by atomic mass is 10.0. The Morgan fingerprint density at radius 3 is 2.63 bits per heavy atom. The lowest BCUT2D eigenvalue weighted by Crippen LogP contribution is -2.44. The Morgan fingerprint density at radius 1 is 1.07 bits per heavy atom. The molecule has 1 N–H and O–H groups in total.